The molecule has 0 atom stereocenters. The third-order valence-corrected chi connectivity index (χ3v) is 3.39. The minimum absolute atomic E-state index is 0.0126. The predicted molar refractivity (Wildman–Crippen MR) is 78.4 cm³/mol. The van der Waals surface area contributed by atoms with Gasteiger partial charge < -0.3 is 4.57 Å². The lowest BCUT2D eigenvalue weighted by atomic mass is 10.1. The molecule has 0 amide bonds. The highest BCUT2D eigenvalue weighted by atomic mass is 19.1. The van der Waals surface area contributed by atoms with Crippen molar-refractivity contribution >= 4 is 10.8 Å². The molecule has 0 aliphatic rings. The van der Waals surface area contributed by atoms with Crippen molar-refractivity contribution in [1.29, 1.82) is 5.26 Å². The highest BCUT2D eigenvalue weighted by molar-refractivity contribution is 5.81. The minimum atomic E-state index is -0.549. The van der Waals surface area contributed by atoms with Gasteiger partial charge >= 0.3 is 0 Å². The number of halogens is 1. The number of fused-ring (bicyclic) bond motifs is 1. The second-order valence-electron chi connectivity index (χ2n) is 4.76. The Bertz CT molecular complexity index is 922. The third kappa shape index (κ3) is 2.41. The van der Waals surface area contributed by atoms with Gasteiger partial charge in [-0.15, -0.1) is 0 Å². The Balaban J connectivity index is 2.05. The van der Waals surface area contributed by atoms with Crippen molar-refractivity contribution in [2.45, 2.75) is 6.54 Å². The number of nitriles is 1. The summed E-state index contributed by atoms with van der Waals surface area (Å²) in [7, 11) is 0. The molecule has 21 heavy (non-hydrogen) atoms. The third-order valence-electron chi connectivity index (χ3n) is 3.39. The highest BCUT2D eigenvalue weighted by Gasteiger charge is 2.06. The van der Waals surface area contributed by atoms with E-state index >= 15 is 0 Å². The van der Waals surface area contributed by atoms with E-state index in [4.69, 9.17) is 5.26 Å². The molecule has 0 saturated carbocycles. The smallest absolute Gasteiger partial charge is 0.258 e. The zero-order valence-electron chi connectivity index (χ0n) is 11.1. The van der Waals surface area contributed by atoms with E-state index in [1.165, 1.54) is 12.1 Å². The maximum atomic E-state index is 13.3. The fourth-order valence-electron chi connectivity index (χ4n) is 2.31. The van der Waals surface area contributed by atoms with E-state index in [1.807, 2.05) is 24.3 Å². The number of benzene rings is 2. The maximum absolute atomic E-state index is 13.3. The largest absolute Gasteiger partial charge is 0.311 e. The summed E-state index contributed by atoms with van der Waals surface area (Å²) in [4.78, 5) is 12.4. The van der Waals surface area contributed by atoms with Crippen LogP contribution in [0.15, 0.2) is 59.5 Å². The van der Waals surface area contributed by atoms with Gasteiger partial charge in [0.15, 0.2) is 0 Å². The summed E-state index contributed by atoms with van der Waals surface area (Å²) in [6, 6.07) is 15.3. The molecule has 0 fully saturated rings. The lowest BCUT2D eigenvalue weighted by Gasteiger charge is -2.08. The molecule has 102 valence electrons. The molecule has 0 radical (unpaired) electrons. The lowest BCUT2D eigenvalue weighted by molar-refractivity contribution is 0.622. The molecule has 3 rings (SSSR count). The van der Waals surface area contributed by atoms with Crippen LogP contribution in [0.1, 0.15) is 11.1 Å². The van der Waals surface area contributed by atoms with Crippen molar-refractivity contribution in [1.82, 2.24) is 4.57 Å². The molecule has 0 N–H and O–H groups in total. The Morgan fingerprint density at radius 3 is 2.76 bits per heavy atom. The SMILES string of the molecule is N#Cc1cc(Cn2ccc3ccccc3c2=O)ccc1F. The van der Waals surface area contributed by atoms with E-state index in [-0.39, 0.29) is 11.1 Å². The molecule has 0 spiro atoms. The van der Waals surface area contributed by atoms with Crippen molar-refractivity contribution in [2.24, 2.45) is 0 Å². The highest BCUT2D eigenvalue weighted by Crippen LogP contribution is 2.12. The molecular weight excluding hydrogens is 267 g/mol. The van der Waals surface area contributed by atoms with Gasteiger partial charge in [-0.2, -0.15) is 5.26 Å². The number of hydrogen-bond donors (Lipinski definition) is 0. The summed E-state index contributed by atoms with van der Waals surface area (Å²) in [6.45, 7) is 0.304. The molecule has 0 unspecified atom stereocenters. The van der Waals surface area contributed by atoms with Gasteiger partial charge in [0.25, 0.3) is 5.56 Å². The zero-order chi connectivity index (χ0) is 14.8. The molecule has 4 heteroatoms. The lowest BCUT2D eigenvalue weighted by Crippen LogP contribution is -2.20. The summed E-state index contributed by atoms with van der Waals surface area (Å²) >= 11 is 0. The number of aromatic nitrogens is 1. The monoisotopic (exact) mass is 278 g/mol. The van der Waals surface area contributed by atoms with Crippen LogP contribution in [0.3, 0.4) is 0 Å². The molecule has 0 saturated heterocycles. The van der Waals surface area contributed by atoms with E-state index in [1.54, 1.807) is 29.0 Å². The first-order valence-electron chi connectivity index (χ1n) is 6.46. The van der Waals surface area contributed by atoms with Gasteiger partial charge in [-0.05, 0) is 35.2 Å². The van der Waals surface area contributed by atoms with Gasteiger partial charge in [0, 0.05) is 11.6 Å². The molecule has 3 nitrogen and oxygen atoms in total. The first-order valence-corrected chi connectivity index (χ1v) is 6.46. The molecule has 1 aromatic heterocycles. The van der Waals surface area contributed by atoms with Crippen molar-refractivity contribution in [3.05, 3.63) is 82.0 Å². The topological polar surface area (TPSA) is 45.8 Å². The quantitative estimate of drug-likeness (QED) is 0.723. The van der Waals surface area contributed by atoms with E-state index < -0.39 is 5.82 Å². The van der Waals surface area contributed by atoms with Crippen LogP contribution in [0, 0.1) is 17.1 Å². The minimum Gasteiger partial charge on any atom is -0.311 e. The standard InChI is InChI=1S/C17H11FN2O/c18-16-6-5-12(9-14(16)10-19)11-20-8-7-13-3-1-2-4-15(13)17(20)21/h1-9H,11H2. The summed E-state index contributed by atoms with van der Waals surface area (Å²) in [5.41, 5.74) is 0.600. The number of hydrogen-bond acceptors (Lipinski definition) is 2. The van der Waals surface area contributed by atoms with E-state index in [2.05, 4.69) is 0 Å². The van der Waals surface area contributed by atoms with E-state index in [9.17, 15) is 9.18 Å². The second-order valence-corrected chi connectivity index (χ2v) is 4.76. The Labute approximate surface area is 120 Å². The van der Waals surface area contributed by atoms with Crippen LogP contribution in [0.4, 0.5) is 4.39 Å². The molecule has 3 aromatic rings. The number of rotatable bonds is 2. The van der Waals surface area contributed by atoms with Gasteiger partial charge in [0.05, 0.1) is 12.1 Å². The first kappa shape index (κ1) is 13.1. The fraction of sp³-hybridized carbons (Fsp3) is 0.0588. The Morgan fingerprint density at radius 1 is 1.14 bits per heavy atom. The van der Waals surface area contributed by atoms with Crippen molar-refractivity contribution in [3.8, 4) is 6.07 Å². The summed E-state index contributed by atoms with van der Waals surface area (Å²) < 4.78 is 14.9. The number of pyridine rings is 1. The maximum Gasteiger partial charge on any atom is 0.258 e. The van der Waals surface area contributed by atoms with E-state index in [0.717, 1.165) is 5.39 Å². The van der Waals surface area contributed by atoms with Crippen LogP contribution < -0.4 is 5.56 Å². The van der Waals surface area contributed by atoms with Gasteiger partial charge in [-0.3, -0.25) is 4.79 Å². The van der Waals surface area contributed by atoms with Gasteiger partial charge in [-0.25, -0.2) is 4.39 Å². The normalized spacial score (nSPS) is 10.5. The Hall–Kier alpha value is -2.93. The van der Waals surface area contributed by atoms with Crippen LogP contribution in [0.5, 0.6) is 0 Å². The van der Waals surface area contributed by atoms with Crippen LogP contribution in [0.2, 0.25) is 0 Å². The fourth-order valence-corrected chi connectivity index (χ4v) is 2.31. The average Bonchev–Trinajstić information content (AvgIpc) is 2.52. The number of nitrogens with zero attached hydrogens (tertiary/aromatic N) is 2. The molecule has 0 aliphatic carbocycles. The first-order chi connectivity index (χ1) is 10.2. The predicted octanol–water partition coefficient (Wildman–Crippen LogP) is 3.06. The zero-order valence-corrected chi connectivity index (χ0v) is 11.1. The van der Waals surface area contributed by atoms with Crippen molar-refractivity contribution < 1.29 is 4.39 Å². The summed E-state index contributed by atoms with van der Waals surface area (Å²) in [5, 5.41) is 10.4. The molecule has 0 bridgehead atoms. The Kier molecular flexibility index (Phi) is 3.25. The van der Waals surface area contributed by atoms with Gasteiger partial charge in [-0.1, -0.05) is 24.3 Å². The average molecular weight is 278 g/mol. The second kappa shape index (κ2) is 5.22. The summed E-state index contributed by atoms with van der Waals surface area (Å²) in [6.07, 6.45) is 1.71. The van der Waals surface area contributed by atoms with Crippen molar-refractivity contribution in [3.63, 3.8) is 0 Å². The molecule has 2 aromatic carbocycles. The Morgan fingerprint density at radius 2 is 1.95 bits per heavy atom. The van der Waals surface area contributed by atoms with Gasteiger partial charge in [0.1, 0.15) is 11.9 Å². The molecule has 1 heterocycles. The molecular formula is C17H11FN2O. The molecule has 0 aliphatic heterocycles. The van der Waals surface area contributed by atoms with Crippen LogP contribution >= 0.6 is 0 Å². The van der Waals surface area contributed by atoms with E-state index in [0.29, 0.717) is 17.5 Å². The van der Waals surface area contributed by atoms with Crippen LogP contribution in [-0.4, -0.2) is 4.57 Å². The van der Waals surface area contributed by atoms with Gasteiger partial charge in [0.2, 0.25) is 0 Å². The van der Waals surface area contributed by atoms with Crippen molar-refractivity contribution in [2.75, 3.05) is 0 Å². The van der Waals surface area contributed by atoms with Crippen LogP contribution in [-0.2, 0) is 6.54 Å². The van der Waals surface area contributed by atoms with Crippen LogP contribution in [0.25, 0.3) is 10.8 Å². The summed E-state index contributed by atoms with van der Waals surface area (Å²) in [5.74, 6) is -0.549.